The van der Waals surface area contributed by atoms with Crippen LogP contribution < -0.4 is 10.2 Å². The molecule has 106 valence electrons. The molecule has 1 N–H and O–H groups in total. The van der Waals surface area contributed by atoms with Crippen LogP contribution in [0.1, 0.15) is 51.2 Å². The third-order valence-corrected chi connectivity index (χ3v) is 4.72. The predicted molar refractivity (Wildman–Crippen MR) is 84.3 cm³/mol. The number of nitrogens with zero attached hydrogens (tertiary/aromatic N) is 1. The molecule has 1 unspecified atom stereocenters. The van der Waals surface area contributed by atoms with E-state index in [1.54, 1.807) is 0 Å². The van der Waals surface area contributed by atoms with Gasteiger partial charge in [-0.3, -0.25) is 0 Å². The third-order valence-electron chi connectivity index (χ3n) is 4.37. The second kappa shape index (κ2) is 5.34. The van der Waals surface area contributed by atoms with Gasteiger partial charge in [0.25, 0.3) is 0 Å². The molecule has 2 nitrogen and oxygen atoms in total. The van der Waals surface area contributed by atoms with Crippen molar-refractivity contribution in [2.45, 2.75) is 52.1 Å². The van der Waals surface area contributed by atoms with Gasteiger partial charge in [0.05, 0.1) is 0 Å². The zero-order valence-corrected chi connectivity index (χ0v) is 13.4. The zero-order valence-electron chi connectivity index (χ0n) is 12.7. The molecule has 0 saturated carbocycles. The van der Waals surface area contributed by atoms with Crippen molar-refractivity contribution in [2.24, 2.45) is 0 Å². The summed E-state index contributed by atoms with van der Waals surface area (Å²) < 4.78 is 0. The van der Waals surface area contributed by atoms with E-state index in [9.17, 15) is 0 Å². The molecule has 3 heteroatoms. The zero-order chi connectivity index (χ0) is 14.2. The molecule has 1 aliphatic heterocycles. The Hall–Kier alpha value is -0.730. The summed E-state index contributed by atoms with van der Waals surface area (Å²) in [7, 11) is 2.17. The van der Waals surface area contributed by atoms with Crippen molar-refractivity contribution in [1.29, 1.82) is 0 Å². The van der Waals surface area contributed by atoms with Crippen LogP contribution in [0.3, 0.4) is 0 Å². The normalized spacial score (nSPS) is 21.4. The van der Waals surface area contributed by atoms with Crippen LogP contribution in [-0.4, -0.2) is 19.1 Å². The highest BCUT2D eigenvalue weighted by Crippen LogP contribution is 2.44. The summed E-state index contributed by atoms with van der Waals surface area (Å²) in [6, 6.07) is 4.43. The van der Waals surface area contributed by atoms with Gasteiger partial charge in [-0.05, 0) is 49.9 Å². The lowest BCUT2D eigenvalue weighted by Crippen LogP contribution is -2.45. The highest BCUT2D eigenvalue weighted by atomic mass is 35.5. The number of hydrogen-bond donors (Lipinski definition) is 1. The summed E-state index contributed by atoms with van der Waals surface area (Å²) in [5.41, 5.74) is 4.12. The van der Waals surface area contributed by atoms with Crippen molar-refractivity contribution < 1.29 is 0 Å². The molecule has 1 atom stereocenters. The van der Waals surface area contributed by atoms with Crippen molar-refractivity contribution in [3.63, 3.8) is 0 Å². The number of anilines is 1. The Kier molecular flexibility index (Phi) is 4.12. The average Bonchev–Trinajstić information content (AvgIpc) is 2.34. The highest BCUT2D eigenvalue weighted by molar-refractivity contribution is 6.31. The Morgan fingerprint density at radius 2 is 2.11 bits per heavy atom. The lowest BCUT2D eigenvalue weighted by atomic mass is 9.80. The monoisotopic (exact) mass is 280 g/mol. The number of halogens is 1. The third kappa shape index (κ3) is 2.75. The second-order valence-corrected chi connectivity index (χ2v) is 6.67. The van der Waals surface area contributed by atoms with Crippen LogP contribution in [0.2, 0.25) is 5.02 Å². The molecular formula is C16H25ClN2. The fourth-order valence-corrected chi connectivity index (χ4v) is 3.25. The highest BCUT2D eigenvalue weighted by Gasteiger charge is 2.34. The minimum atomic E-state index is 0.193. The van der Waals surface area contributed by atoms with Gasteiger partial charge in [-0.15, -0.1) is 0 Å². The molecule has 0 saturated heterocycles. The average molecular weight is 281 g/mol. The Balaban J connectivity index is 2.43. The molecule has 1 aromatic carbocycles. The predicted octanol–water partition coefficient (Wildman–Crippen LogP) is 4.17. The molecule has 1 aliphatic rings. The van der Waals surface area contributed by atoms with Crippen molar-refractivity contribution >= 4 is 17.3 Å². The minimum absolute atomic E-state index is 0.193. The van der Waals surface area contributed by atoms with Crippen molar-refractivity contribution in [1.82, 2.24) is 5.32 Å². The molecule has 0 bridgehead atoms. The van der Waals surface area contributed by atoms with Gasteiger partial charge in [0, 0.05) is 29.8 Å². The first-order chi connectivity index (χ1) is 8.86. The van der Waals surface area contributed by atoms with Gasteiger partial charge in [0.2, 0.25) is 0 Å². The van der Waals surface area contributed by atoms with Crippen LogP contribution in [0.5, 0.6) is 0 Å². The van der Waals surface area contributed by atoms with Crippen LogP contribution >= 0.6 is 11.6 Å². The van der Waals surface area contributed by atoms with E-state index in [0.29, 0.717) is 5.92 Å². The van der Waals surface area contributed by atoms with Gasteiger partial charge in [-0.25, -0.2) is 0 Å². The van der Waals surface area contributed by atoms with E-state index in [1.165, 1.54) is 23.2 Å². The topological polar surface area (TPSA) is 15.3 Å². The van der Waals surface area contributed by atoms with Crippen LogP contribution in [0.25, 0.3) is 0 Å². The van der Waals surface area contributed by atoms with E-state index in [4.69, 9.17) is 11.6 Å². The summed E-state index contributed by atoms with van der Waals surface area (Å²) in [5.74, 6) is 0.582. The van der Waals surface area contributed by atoms with Gasteiger partial charge < -0.3 is 10.2 Å². The molecule has 1 heterocycles. The quantitative estimate of drug-likeness (QED) is 0.894. The van der Waals surface area contributed by atoms with Gasteiger partial charge in [-0.2, -0.15) is 0 Å². The van der Waals surface area contributed by atoms with Gasteiger partial charge in [-0.1, -0.05) is 31.5 Å². The van der Waals surface area contributed by atoms with Crippen LogP contribution in [-0.2, 0) is 6.54 Å². The van der Waals surface area contributed by atoms with E-state index in [-0.39, 0.29) is 5.54 Å². The largest absolute Gasteiger partial charge is 0.369 e. The van der Waals surface area contributed by atoms with E-state index in [0.717, 1.165) is 18.1 Å². The molecule has 0 aromatic heterocycles. The van der Waals surface area contributed by atoms with Gasteiger partial charge >= 0.3 is 0 Å². The molecule has 0 fully saturated rings. The lowest BCUT2D eigenvalue weighted by Gasteiger charge is -2.45. The van der Waals surface area contributed by atoms with E-state index in [1.807, 2.05) is 0 Å². The summed E-state index contributed by atoms with van der Waals surface area (Å²) in [6.07, 6.45) is 1.18. The molecular weight excluding hydrogens is 256 g/mol. The molecule has 0 amide bonds. The summed E-state index contributed by atoms with van der Waals surface area (Å²) in [6.45, 7) is 10.8. The van der Waals surface area contributed by atoms with E-state index in [2.05, 4.69) is 57.1 Å². The summed E-state index contributed by atoms with van der Waals surface area (Å²) in [5, 5.41) is 4.23. The molecule has 0 spiro atoms. The maximum Gasteiger partial charge on any atom is 0.0471 e. The fraction of sp³-hybridized carbons (Fsp3) is 0.625. The molecule has 0 radical (unpaired) electrons. The SMILES string of the molecule is CCNCc1cc2c(cc1Cl)N(C)C(C)(C)CC2C. The first kappa shape index (κ1) is 14.7. The molecule has 19 heavy (non-hydrogen) atoms. The Labute approximate surface area is 122 Å². The first-order valence-corrected chi connectivity index (χ1v) is 7.51. The Bertz CT molecular complexity index is 468. The molecule has 0 aliphatic carbocycles. The lowest BCUT2D eigenvalue weighted by molar-refractivity contribution is 0.395. The number of benzene rings is 1. The molecule has 2 rings (SSSR count). The van der Waals surface area contributed by atoms with E-state index >= 15 is 0 Å². The van der Waals surface area contributed by atoms with Crippen LogP contribution in [0.4, 0.5) is 5.69 Å². The Morgan fingerprint density at radius 1 is 1.42 bits per heavy atom. The number of rotatable bonds is 3. The fourth-order valence-electron chi connectivity index (χ4n) is 3.03. The number of hydrogen-bond acceptors (Lipinski definition) is 2. The van der Waals surface area contributed by atoms with Crippen molar-refractivity contribution in [3.05, 3.63) is 28.3 Å². The number of nitrogens with one attached hydrogen (secondary N) is 1. The maximum absolute atomic E-state index is 6.44. The maximum atomic E-state index is 6.44. The van der Waals surface area contributed by atoms with Gasteiger partial charge in [0.1, 0.15) is 0 Å². The minimum Gasteiger partial charge on any atom is -0.369 e. The van der Waals surface area contributed by atoms with Crippen molar-refractivity contribution in [2.75, 3.05) is 18.5 Å². The molecule has 1 aromatic rings. The van der Waals surface area contributed by atoms with E-state index < -0.39 is 0 Å². The standard InChI is InChI=1S/C16H25ClN2/c1-6-18-10-12-7-13-11(2)9-16(3,4)19(5)15(13)8-14(12)17/h7-8,11,18H,6,9-10H2,1-5H3. The Morgan fingerprint density at radius 3 is 2.74 bits per heavy atom. The second-order valence-electron chi connectivity index (χ2n) is 6.26. The number of fused-ring (bicyclic) bond motifs is 1. The first-order valence-electron chi connectivity index (χ1n) is 7.13. The van der Waals surface area contributed by atoms with Crippen LogP contribution in [0, 0.1) is 0 Å². The summed E-state index contributed by atoms with van der Waals surface area (Å²) in [4.78, 5) is 2.37. The smallest absolute Gasteiger partial charge is 0.0471 e. The van der Waals surface area contributed by atoms with Crippen LogP contribution in [0.15, 0.2) is 12.1 Å². The van der Waals surface area contributed by atoms with Gasteiger partial charge in [0.15, 0.2) is 0 Å². The van der Waals surface area contributed by atoms with Crippen molar-refractivity contribution in [3.8, 4) is 0 Å². The summed E-state index contributed by atoms with van der Waals surface area (Å²) >= 11 is 6.44.